The normalized spacial score (nSPS) is 17.8. The van der Waals surface area contributed by atoms with E-state index in [1.807, 2.05) is 0 Å². The molecule has 0 saturated carbocycles. The van der Waals surface area contributed by atoms with Gasteiger partial charge in [-0.2, -0.15) is 0 Å². The molecule has 1 amide bonds. The molecule has 5 heteroatoms. The van der Waals surface area contributed by atoms with Gasteiger partial charge in [0.1, 0.15) is 0 Å². The Bertz CT molecular complexity index is 250. The minimum absolute atomic E-state index is 0.0167. The van der Waals surface area contributed by atoms with E-state index in [0.717, 1.165) is 13.0 Å². The summed E-state index contributed by atoms with van der Waals surface area (Å²) in [7, 11) is 1.32. The molecule has 5 nitrogen and oxygen atoms in total. The predicted octanol–water partition coefficient (Wildman–Crippen LogP) is -0.505. The molecular weight excluding hydrogens is 184 g/mol. The number of nitrogens with zero attached hydrogens (tertiary/aromatic N) is 1. The number of rotatable bonds is 2. The summed E-state index contributed by atoms with van der Waals surface area (Å²) in [4.78, 5) is 23.7. The molecule has 1 N–H and O–H groups in total. The van der Waals surface area contributed by atoms with Crippen LogP contribution in [0.15, 0.2) is 12.3 Å². The fourth-order valence-electron chi connectivity index (χ4n) is 1.19. The Balaban J connectivity index is 2.46. The third-order valence-corrected chi connectivity index (χ3v) is 1.91. The Morgan fingerprint density at radius 3 is 3.14 bits per heavy atom. The zero-order valence-corrected chi connectivity index (χ0v) is 8.16. The first-order chi connectivity index (χ1) is 6.72. The van der Waals surface area contributed by atoms with Gasteiger partial charge in [-0.1, -0.05) is 0 Å². The number of hydrogen-bond donors (Lipinski definition) is 1. The summed E-state index contributed by atoms with van der Waals surface area (Å²) in [5.41, 5.74) is 0. The minimum atomic E-state index is -0.408. The average molecular weight is 198 g/mol. The molecule has 1 aliphatic heterocycles. The molecule has 0 aromatic carbocycles. The van der Waals surface area contributed by atoms with Crippen LogP contribution in [0.3, 0.4) is 0 Å². The van der Waals surface area contributed by atoms with E-state index in [1.165, 1.54) is 13.2 Å². The van der Waals surface area contributed by atoms with Crippen molar-refractivity contribution in [1.29, 1.82) is 0 Å². The summed E-state index contributed by atoms with van der Waals surface area (Å²) in [5.74, 6) is -0.424. The molecule has 0 unspecified atom stereocenters. The summed E-state index contributed by atoms with van der Waals surface area (Å²) in [5, 5.41) is 2.75. The fraction of sp³-hybridized carbons (Fsp3) is 0.556. The van der Waals surface area contributed by atoms with Gasteiger partial charge in [-0.3, -0.25) is 4.79 Å². The van der Waals surface area contributed by atoms with E-state index in [9.17, 15) is 9.59 Å². The lowest BCUT2D eigenvalue weighted by Crippen LogP contribution is -2.30. The van der Waals surface area contributed by atoms with E-state index in [-0.39, 0.29) is 5.91 Å². The Labute approximate surface area is 82.7 Å². The molecular formula is C9H14N2O3. The molecule has 1 aliphatic rings. The highest BCUT2D eigenvalue weighted by Crippen LogP contribution is 1.97. The molecule has 1 rings (SSSR count). The lowest BCUT2D eigenvalue weighted by molar-refractivity contribution is -0.135. The number of carbonyl (C=O) groups excluding carboxylic acids is 2. The molecule has 1 saturated heterocycles. The van der Waals surface area contributed by atoms with Crippen molar-refractivity contribution in [3.8, 4) is 0 Å². The van der Waals surface area contributed by atoms with Crippen LogP contribution in [-0.4, -0.2) is 43.5 Å². The van der Waals surface area contributed by atoms with Crippen molar-refractivity contribution in [2.24, 2.45) is 0 Å². The number of hydrogen-bond acceptors (Lipinski definition) is 4. The molecule has 0 radical (unpaired) electrons. The highest BCUT2D eigenvalue weighted by molar-refractivity contribution is 5.82. The lowest BCUT2D eigenvalue weighted by atomic mass is 10.4. The van der Waals surface area contributed by atoms with Gasteiger partial charge in [-0.25, -0.2) is 4.79 Å². The van der Waals surface area contributed by atoms with Gasteiger partial charge in [0.2, 0.25) is 5.91 Å². The topological polar surface area (TPSA) is 58.6 Å². The summed E-state index contributed by atoms with van der Waals surface area (Å²) < 4.78 is 4.45. The maximum Gasteiger partial charge on any atom is 0.331 e. The zero-order chi connectivity index (χ0) is 10.4. The first-order valence-corrected chi connectivity index (χ1v) is 4.49. The van der Waals surface area contributed by atoms with Crippen molar-refractivity contribution in [2.45, 2.75) is 6.42 Å². The molecule has 1 heterocycles. The zero-order valence-electron chi connectivity index (χ0n) is 8.16. The van der Waals surface area contributed by atoms with Crippen molar-refractivity contribution in [3.05, 3.63) is 12.3 Å². The number of methoxy groups -OCH3 is 1. The van der Waals surface area contributed by atoms with Crippen LogP contribution < -0.4 is 5.32 Å². The number of amides is 1. The SMILES string of the molecule is COC(=O)C=CN1CCCNC(=O)C1. The molecule has 0 aromatic rings. The fourth-order valence-corrected chi connectivity index (χ4v) is 1.19. The summed E-state index contributed by atoms with van der Waals surface area (Å²) in [6.07, 6.45) is 3.80. The van der Waals surface area contributed by atoms with Crippen LogP contribution in [0.2, 0.25) is 0 Å². The van der Waals surface area contributed by atoms with Crippen LogP contribution in [0.4, 0.5) is 0 Å². The second-order valence-electron chi connectivity index (χ2n) is 3.01. The summed E-state index contributed by atoms with van der Waals surface area (Å²) in [6.45, 7) is 1.77. The van der Waals surface area contributed by atoms with Crippen LogP contribution in [0.1, 0.15) is 6.42 Å². The van der Waals surface area contributed by atoms with E-state index < -0.39 is 5.97 Å². The predicted molar refractivity (Wildman–Crippen MR) is 50.4 cm³/mol. The number of nitrogens with one attached hydrogen (secondary N) is 1. The first-order valence-electron chi connectivity index (χ1n) is 4.49. The van der Waals surface area contributed by atoms with Crippen LogP contribution in [0, 0.1) is 0 Å². The van der Waals surface area contributed by atoms with Gasteiger partial charge in [0.25, 0.3) is 0 Å². The highest BCUT2D eigenvalue weighted by Gasteiger charge is 2.10. The summed E-state index contributed by atoms with van der Waals surface area (Å²) >= 11 is 0. The van der Waals surface area contributed by atoms with E-state index in [2.05, 4.69) is 10.1 Å². The van der Waals surface area contributed by atoms with Crippen molar-refractivity contribution in [2.75, 3.05) is 26.7 Å². The molecule has 0 spiro atoms. The molecule has 0 aromatic heterocycles. The van der Waals surface area contributed by atoms with Crippen LogP contribution >= 0.6 is 0 Å². The van der Waals surface area contributed by atoms with Gasteiger partial charge in [0, 0.05) is 25.4 Å². The number of carbonyl (C=O) groups is 2. The lowest BCUT2D eigenvalue weighted by Gasteiger charge is -2.14. The number of esters is 1. The van der Waals surface area contributed by atoms with Crippen molar-refractivity contribution in [3.63, 3.8) is 0 Å². The molecule has 0 bridgehead atoms. The Morgan fingerprint density at radius 2 is 2.43 bits per heavy atom. The van der Waals surface area contributed by atoms with Gasteiger partial charge < -0.3 is 15.0 Å². The summed E-state index contributed by atoms with van der Waals surface area (Å²) in [6, 6.07) is 0. The minimum Gasteiger partial charge on any atom is -0.466 e. The maximum absolute atomic E-state index is 11.1. The molecule has 1 fully saturated rings. The van der Waals surface area contributed by atoms with Crippen LogP contribution in [0.25, 0.3) is 0 Å². The smallest absolute Gasteiger partial charge is 0.331 e. The van der Waals surface area contributed by atoms with Crippen LogP contribution in [-0.2, 0) is 14.3 Å². The van der Waals surface area contributed by atoms with Gasteiger partial charge in [0.05, 0.1) is 13.7 Å². The van der Waals surface area contributed by atoms with Gasteiger partial charge in [-0.05, 0) is 6.42 Å². The van der Waals surface area contributed by atoms with Crippen molar-refractivity contribution >= 4 is 11.9 Å². The molecule has 14 heavy (non-hydrogen) atoms. The van der Waals surface area contributed by atoms with E-state index in [4.69, 9.17) is 0 Å². The monoisotopic (exact) mass is 198 g/mol. The van der Waals surface area contributed by atoms with E-state index in [0.29, 0.717) is 13.1 Å². The number of ether oxygens (including phenoxy) is 1. The Hall–Kier alpha value is -1.52. The largest absolute Gasteiger partial charge is 0.466 e. The Kier molecular flexibility index (Phi) is 3.97. The van der Waals surface area contributed by atoms with Crippen LogP contribution in [0.5, 0.6) is 0 Å². The standard InChI is InChI=1S/C9H14N2O3/c1-14-9(13)3-6-11-5-2-4-10-8(12)7-11/h3,6H,2,4-5,7H2,1H3,(H,10,12). The molecule has 0 aliphatic carbocycles. The van der Waals surface area contributed by atoms with E-state index >= 15 is 0 Å². The van der Waals surface area contributed by atoms with Gasteiger partial charge >= 0.3 is 5.97 Å². The average Bonchev–Trinajstić information content (AvgIpc) is 2.39. The van der Waals surface area contributed by atoms with Crippen molar-refractivity contribution < 1.29 is 14.3 Å². The van der Waals surface area contributed by atoms with Gasteiger partial charge in [0.15, 0.2) is 0 Å². The second kappa shape index (κ2) is 5.26. The maximum atomic E-state index is 11.1. The second-order valence-corrected chi connectivity index (χ2v) is 3.01. The first kappa shape index (κ1) is 10.6. The van der Waals surface area contributed by atoms with Crippen molar-refractivity contribution in [1.82, 2.24) is 10.2 Å². The van der Waals surface area contributed by atoms with Gasteiger partial charge in [-0.15, -0.1) is 0 Å². The quantitative estimate of drug-likeness (QED) is 0.480. The Morgan fingerprint density at radius 1 is 1.64 bits per heavy atom. The molecule has 0 atom stereocenters. The third kappa shape index (κ3) is 3.47. The highest BCUT2D eigenvalue weighted by atomic mass is 16.5. The third-order valence-electron chi connectivity index (χ3n) is 1.91. The molecule has 78 valence electrons. The van der Waals surface area contributed by atoms with E-state index in [1.54, 1.807) is 11.1 Å².